The van der Waals surface area contributed by atoms with Gasteiger partial charge in [-0.15, -0.1) is 0 Å². The average Bonchev–Trinajstić information content (AvgIpc) is 3.13. The molecule has 0 bridgehead atoms. The van der Waals surface area contributed by atoms with Gasteiger partial charge < -0.3 is 25.2 Å². The van der Waals surface area contributed by atoms with Gasteiger partial charge in [-0.1, -0.05) is 55.5 Å². The van der Waals surface area contributed by atoms with Gasteiger partial charge in [0.05, 0.1) is 0 Å². The first-order chi connectivity index (χ1) is 15.9. The van der Waals surface area contributed by atoms with Crippen LogP contribution in [0.5, 0.6) is 0 Å². The Kier molecular flexibility index (Phi) is 8.43. The van der Waals surface area contributed by atoms with E-state index in [9.17, 15) is 19.5 Å². The van der Waals surface area contributed by atoms with Gasteiger partial charge in [-0.05, 0) is 28.7 Å². The fourth-order valence-corrected chi connectivity index (χ4v) is 4.07. The van der Waals surface area contributed by atoms with Crippen LogP contribution in [0, 0.1) is 0 Å². The molecule has 2 atom stereocenters. The van der Waals surface area contributed by atoms with E-state index in [1.165, 1.54) is 7.11 Å². The third-order valence-electron chi connectivity index (χ3n) is 5.83. The maximum Gasteiger partial charge on any atom is 0.407 e. The van der Waals surface area contributed by atoms with Gasteiger partial charge in [0.2, 0.25) is 5.91 Å². The van der Waals surface area contributed by atoms with Crippen LogP contribution in [-0.2, 0) is 19.1 Å². The Morgan fingerprint density at radius 2 is 1.61 bits per heavy atom. The summed E-state index contributed by atoms with van der Waals surface area (Å²) < 4.78 is 10.4. The Bertz CT molecular complexity index is 947. The monoisotopic (exact) mass is 454 g/mol. The molecular weight excluding hydrogens is 424 g/mol. The van der Waals surface area contributed by atoms with E-state index < -0.39 is 30.1 Å². The summed E-state index contributed by atoms with van der Waals surface area (Å²) in [5.74, 6) is -1.63. The molecule has 3 rings (SSSR count). The molecule has 0 aromatic heterocycles. The van der Waals surface area contributed by atoms with Crippen molar-refractivity contribution in [2.75, 3.05) is 20.3 Å². The second-order valence-corrected chi connectivity index (χ2v) is 8.02. The van der Waals surface area contributed by atoms with Crippen LogP contribution < -0.4 is 10.6 Å². The second-order valence-electron chi connectivity index (χ2n) is 8.02. The van der Waals surface area contributed by atoms with Crippen molar-refractivity contribution in [2.45, 2.75) is 44.2 Å². The number of nitrogens with one attached hydrogen (secondary N) is 2. The fraction of sp³-hybridized carbons (Fsp3) is 0.400. The minimum Gasteiger partial charge on any atom is -0.480 e. The molecule has 2 aromatic carbocycles. The predicted molar refractivity (Wildman–Crippen MR) is 123 cm³/mol. The third-order valence-corrected chi connectivity index (χ3v) is 5.83. The highest BCUT2D eigenvalue weighted by atomic mass is 16.5. The van der Waals surface area contributed by atoms with Gasteiger partial charge in [-0.3, -0.25) is 4.79 Å². The number of aliphatic carboxylic acids is 1. The van der Waals surface area contributed by atoms with Crippen molar-refractivity contribution in [3.63, 3.8) is 0 Å². The molecule has 0 fully saturated rings. The van der Waals surface area contributed by atoms with E-state index >= 15 is 0 Å². The first kappa shape index (κ1) is 24.3. The van der Waals surface area contributed by atoms with Gasteiger partial charge in [0.25, 0.3) is 0 Å². The Labute approximate surface area is 193 Å². The number of amides is 2. The van der Waals surface area contributed by atoms with Crippen molar-refractivity contribution in [1.82, 2.24) is 10.6 Å². The summed E-state index contributed by atoms with van der Waals surface area (Å²) in [5, 5.41) is 14.4. The van der Waals surface area contributed by atoms with Gasteiger partial charge in [0.1, 0.15) is 12.6 Å². The van der Waals surface area contributed by atoms with Crippen LogP contribution in [0.4, 0.5) is 4.79 Å². The number of ether oxygens (including phenoxy) is 2. The fourth-order valence-electron chi connectivity index (χ4n) is 4.07. The molecule has 0 saturated carbocycles. The van der Waals surface area contributed by atoms with Crippen LogP contribution in [-0.4, -0.2) is 55.5 Å². The van der Waals surface area contributed by atoms with Crippen LogP contribution in [0.3, 0.4) is 0 Å². The van der Waals surface area contributed by atoms with E-state index in [1.54, 1.807) is 0 Å². The molecule has 0 aliphatic heterocycles. The zero-order valence-electron chi connectivity index (χ0n) is 18.9. The summed E-state index contributed by atoms with van der Waals surface area (Å²) in [7, 11) is 1.46. The lowest BCUT2D eigenvalue weighted by Crippen LogP contribution is -2.45. The first-order valence-electron chi connectivity index (χ1n) is 11.1. The van der Waals surface area contributed by atoms with Crippen LogP contribution in [0.2, 0.25) is 0 Å². The van der Waals surface area contributed by atoms with E-state index in [1.807, 2.05) is 43.3 Å². The number of hydrogen-bond donors (Lipinski definition) is 3. The van der Waals surface area contributed by atoms with Crippen molar-refractivity contribution in [1.29, 1.82) is 0 Å². The minimum absolute atomic E-state index is 0.0442. The number of alkyl carbamates (subject to hydrolysis) is 1. The molecule has 176 valence electrons. The zero-order valence-corrected chi connectivity index (χ0v) is 18.9. The third kappa shape index (κ3) is 6.10. The number of carboxylic acids is 1. The van der Waals surface area contributed by atoms with E-state index in [0.717, 1.165) is 22.3 Å². The van der Waals surface area contributed by atoms with Crippen LogP contribution in [0.1, 0.15) is 43.2 Å². The minimum atomic E-state index is -1.13. The summed E-state index contributed by atoms with van der Waals surface area (Å²) >= 11 is 0. The molecule has 0 heterocycles. The van der Waals surface area contributed by atoms with Gasteiger partial charge in [0.15, 0.2) is 0 Å². The lowest BCUT2D eigenvalue weighted by molar-refractivity contribution is -0.142. The highest BCUT2D eigenvalue weighted by Crippen LogP contribution is 2.44. The van der Waals surface area contributed by atoms with E-state index in [0.29, 0.717) is 6.42 Å². The van der Waals surface area contributed by atoms with E-state index in [2.05, 4.69) is 22.8 Å². The number of benzene rings is 2. The summed E-state index contributed by atoms with van der Waals surface area (Å²) in [5.41, 5.74) is 4.53. The molecular formula is C25H30N2O6. The number of fused-ring (bicyclic) bond motifs is 3. The quantitative estimate of drug-likeness (QED) is 0.480. The number of rotatable bonds is 11. The standard InChI is InChI=1S/C25H30N2O6/c1-3-16(14-23(28)27-22(24(29)30)12-13-32-2)26-25(31)33-15-21-19-10-6-4-8-17(19)18-9-5-7-11-20(18)21/h4-11,16,21-22H,3,12-15H2,1-2H3,(H,26,31)(H,27,28)(H,29,30). The van der Waals surface area contributed by atoms with Crippen LogP contribution in [0.15, 0.2) is 48.5 Å². The number of carbonyl (C=O) groups excluding carboxylic acids is 2. The zero-order chi connectivity index (χ0) is 23.8. The van der Waals surface area contributed by atoms with Crippen molar-refractivity contribution >= 4 is 18.0 Å². The molecule has 33 heavy (non-hydrogen) atoms. The number of carbonyl (C=O) groups is 3. The second kappa shape index (κ2) is 11.5. The van der Waals surface area contributed by atoms with Crippen molar-refractivity contribution in [2.24, 2.45) is 0 Å². The summed E-state index contributed by atoms with van der Waals surface area (Å²) in [6, 6.07) is 14.6. The van der Waals surface area contributed by atoms with E-state index in [-0.39, 0.29) is 32.0 Å². The summed E-state index contributed by atoms with van der Waals surface area (Å²) in [6.45, 7) is 2.23. The molecule has 2 aromatic rings. The Morgan fingerprint density at radius 3 is 2.15 bits per heavy atom. The lowest BCUT2D eigenvalue weighted by atomic mass is 9.98. The van der Waals surface area contributed by atoms with Crippen molar-refractivity contribution in [3.8, 4) is 11.1 Å². The Balaban J connectivity index is 1.54. The Morgan fingerprint density at radius 1 is 1.00 bits per heavy atom. The van der Waals surface area contributed by atoms with Crippen LogP contribution >= 0.6 is 0 Å². The lowest BCUT2D eigenvalue weighted by Gasteiger charge is -2.20. The molecule has 2 amide bonds. The molecule has 3 N–H and O–H groups in total. The largest absolute Gasteiger partial charge is 0.480 e. The van der Waals surface area contributed by atoms with E-state index in [4.69, 9.17) is 9.47 Å². The Hall–Kier alpha value is -3.39. The molecule has 1 aliphatic rings. The molecule has 0 radical (unpaired) electrons. The molecule has 8 nitrogen and oxygen atoms in total. The highest BCUT2D eigenvalue weighted by molar-refractivity contribution is 5.84. The van der Waals surface area contributed by atoms with Crippen molar-refractivity contribution in [3.05, 3.63) is 59.7 Å². The number of methoxy groups -OCH3 is 1. The number of carboxylic acid groups (broad SMARTS) is 1. The molecule has 2 unspecified atom stereocenters. The molecule has 1 aliphatic carbocycles. The smallest absolute Gasteiger partial charge is 0.407 e. The summed E-state index contributed by atoms with van der Waals surface area (Å²) in [6.07, 6.45) is 0.00432. The van der Waals surface area contributed by atoms with Crippen molar-refractivity contribution < 1.29 is 29.0 Å². The normalized spacial score (nSPS) is 14.0. The molecule has 0 spiro atoms. The maximum atomic E-state index is 12.5. The SMILES string of the molecule is CCC(CC(=O)NC(CCOC)C(=O)O)NC(=O)OCC1c2ccccc2-c2ccccc21. The average molecular weight is 455 g/mol. The highest BCUT2D eigenvalue weighted by Gasteiger charge is 2.29. The van der Waals surface area contributed by atoms with Gasteiger partial charge in [-0.25, -0.2) is 9.59 Å². The molecule has 8 heteroatoms. The molecule has 0 saturated heterocycles. The van der Waals surface area contributed by atoms with Crippen LogP contribution in [0.25, 0.3) is 11.1 Å². The van der Waals surface area contributed by atoms with Gasteiger partial charge in [-0.2, -0.15) is 0 Å². The van der Waals surface area contributed by atoms with Gasteiger partial charge >= 0.3 is 12.1 Å². The predicted octanol–water partition coefficient (Wildman–Crippen LogP) is 3.30. The topological polar surface area (TPSA) is 114 Å². The first-order valence-corrected chi connectivity index (χ1v) is 11.1. The van der Waals surface area contributed by atoms with Gasteiger partial charge in [0, 0.05) is 38.5 Å². The maximum absolute atomic E-state index is 12.5. The number of hydrogen-bond acceptors (Lipinski definition) is 5. The summed E-state index contributed by atoms with van der Waals surface area (Å²) in [4.78, 5) is 36.1.